The first-order chi connectivity index (χ1) is 5.68. The van der Waals surface area contributed by atoms with Gasteiger partial charge in [-0.15, -0.1) is 0 Å². The molecule has 1 aromatic carbocycles. The first-order valence-corrected chi connectivity index (χ1v) is 4.69. The van der Waals surface area contributed by atoms with Gasteiger partial charge in [0.1, 0.15) is 5.52 Å². The van der Waals surface area contributed by atoms with Crippen LogP contribution in [0.5, 0.6) is 0 Å². The lowest BCUT2D eigenvalue weighted by Crippen LogP contribution is -1.80. The summed E-state index contributed by atoms with van der Waals surface area (Å²) in [4.78, 5) is 4.14. The number of hydrogen-bond donors (Lipinski definition) is 1. The zero-order chi connectivity index (χ0) is 8.72. The highest BCUT2D eigenvalue weighted by Gasteiger charge is 2.06. The van der Waals surface area contributed by atoms with Gasteiger partial charge in [0.05, 0.1) is 9.72 Å². The van der Waals surface area contributed by atoms with Crippen molar-refractivity contribution in [3.05, 3.63) is 22.7 Å². The zero-order valence-corrected chi connectivity index (χ0v) is 8.04. The van der Waals surface area contributed by atoms with E-state index in [0.717, 1.165) is 15.8 Å². The minimum Gasteiger partial charge on any atom is -0.375 e. The molecule has 0 bridgehead atoms. The number of fused-ring (bicyclic) bond motifs is 1. The lowest BCUT2D eigenvalue weighted by Gasteiger charge is -1.95. The van der Waals surface area contributed by atoms with Crippen molar-refractivity contribution in [2.24, 2.45) is 0 Å². The molecule has 0 spiro atoms. The molecule has 0 aliphatic rings. The molecule has 12 heavy (non-hydrogen) atoms. The molecule has 2 nitrogen and oxygen atoms in total. The van der Waals surface area contributed by atoms with Crippen LogP contribution in [0.1, 0.15) is 5.56 Å². The van der Waals surface area contributed by atoms with Gasteiger partial charge in [-0.25, -0.2) is 4.98 Å². The van der Waals surface area contributed by atoms with E-state index in [-0.39, 0.29) is 0 Å². The number of hydrogen-bond acceptors (Lipinski definition) is 3. The van der Waals surface area contributed by atoms with Crippen molar-refractivity contribution in [1.82, 2.24) is 4.98 Å². The highest BCUT2D eigenvalue weighted by Crippen LogP contribution is 2.31. The summed E-state index contributed by atoms with van der Waals surface area (Å²) in [6.07, 6.45) is 0. The summed E-state index contributed by atoms with van der Waals surface area (Å²) in [5.74, 6) is 0. The van der Waals surface area contributed by atoms with Crippen LogP contribution >= 0.6 is 22.9 Å². The van der Waals surface area contributed by atoms with Gasteiger partial charge in [-0.3, -0.25) is 0 Å². The lowest BCUT2D eigenvalue weighted by molar-refractivity contribution is 1.45. The van der Waals surface area contributed by atoms with Gasteiger partial charge in [0.15, 0.2) is 5.13 Å². The maximum atomic E-state index is 6.03. The number of thiazole rings is 1. The second-order valence-electron chi connectivity index (χ2n) is 2.60. The van der Waals surface area contributed by atoms with E-state index < -0.39 is 0 Å². The third kappa shape index (κ3) is 1.06. The number of aromatic nitrogens is 1. The van der Waals surface area contributed by atoms with Gasteiger partial charge in [-0.1, -0.05) is 29.0 Å². The Morgan fingerprint density at radius 1 is 1.50 bits per heavy atom. The van der Waals surface area contributed by atoms with Gasteiger partial charge in [0.25, 0.3) is 0 Å². The molecule has 0 amide bonds. The molecule has 2 aromatic rings. The maximum absolute atomic E-state index is 6.03. The fraction of sp³-hybridized carbons (Fsp3) is 0.125. The second kappa shape index (κ2) is 2.61. The van der Waals surface area contributed by atoms with Crippen LogP contribution in [-0.4, -0.2) is 4.98 Å². The summed E-state index contributed by atoms with van der Waals surface area (Å²) in [6.45, 7) is 1.96. The average molecular weight is 199 g/mol. The summed E-state index contributed by atoms with van der Waals surface area (Å²) >= 11 is 7.49. The Kier molecular flexibility index (Phi) is 1.70. The average Bonchev–Trinajstić information content (AvgIpc) is 2.39. The Balaban J connectivity index is 2.89. The van der Waals surface area contributed by atoms with Crippen LogP contribution in [0.2, 0.25) is 5.02 Å². The number of halogens is 1. The molecule has 0 aliphatic carbocycles. The first-order valence-electron chi connectivity index (χ1n) is 3.49. The molecule has 1 aromatic heterocycles. The van der Waals surface area contributed by atoms with Crippen LogP contribution in [0.4, 0.5) is 5.13 Å². The monoisotopic (exact) mass is 198 g/mol. The molecule has 0 atom stereocenters. The topological polar surface area (TPSA) is 38.9 Å². The van der Waals surface area contributed by atoms with Crippen LogP contribution in [0, 0.1) is 6.92 Å². The van der Waals surface area contributed by atoms with E-state index >= 15 is 0 Å². The minimum atomic E-state index is 0.567. The summed E-state index contributed by atoms with van der Waals surface area (Å²) in [5, 5.41) is 1.28. The van der Waals surface area contributed by atoms with E-state index in [9.17, 15) is 0 Å². The van der Waals surface area contributed by atoms with E-state index in [1.54, 1.807) is 0 Å². The summed E-state index contributed by atoms with van der Waals surface area (Å²) < 4.78 is 1.04. The molecular weight excluding hydrogens is 192 g/mol. The number of nitrogens with two attached hydrogens (primary N) is 1. The normalized spacial score (nSPS) is 10.8. The van der Waals surface area contributed by atoms with E-state index in [1.165, 1.54) is 11.3 Å². The van der Waals surface area contributed by atoms with Gasteiger partial charge in [0, 0.05) is 0 Å². The largest absolute Gasteiger partial charge is 0.375 e. The van der Waals surface area contributed by atoms with E-state index in [1.807, 2.05) is 19.1 Å². The van der Waals surface area contributed by atoms with Crippen molar-refractivity contribution in [3.8, 4) is 0 Å². The van der Waals surface area contributed by atoms with Gasteiger partial charge >= 0.3 is 0 Å². The molecule has 2 N–H and O–H groups in total. The molecular formula is C8H7ClN2S. The van der Waals surface area contributed by atoms with Crippen LogP contribution in [-0.2, 0) is 0 Å². The fourth-order valence-electron chi connectivity index (χ4n) is 1.08. The third-order valence-electron chi connectivity index (χ3n) is 1.71. The molecule has 1 heterocycles. The summed E-state index contributed by atoms with van der Waals surface area (Å²) in [6, 6.07) is 3.97. The van der Waals surface area contributed by atoms with E-state index in [4.69, 9.17) is 17.3 Å². The molecule has 0 fully saturated rings. The number of benzene rings is 1. The van der Waals surface area contributed by atoms with Gasteiger partial charge in [-0.05, 0) is 18.6 Å². The van der Waals surface area contributed by atoms with Crippen molar-refractivity contribution in [1.29, 1.82) is 0 Å². The van der Waals surface area contributed by atoms with Crippen molar-refractivity contribution >= 4 is 38.3 Å². The Morgan fingerprint density at radius 3 is 3.00 bits per heavy atom. The van der Waals surface area contributed by atoms with E-state index in [2.05, 4.69) is 4.98 Å². The highest BCUT2D eigenvalue weighted by atomic mass is 35.5. The Bertz CT molecular complexity index is 436. The smallest absolute Gasteiger partial charge is 0.181 e. The number of aryl methyl sites for hydroxylation is 1. The first kappa shape index (κ1) is 7.83. The Hall–Kier alpha value is -0.800. The van der Waals surface area contributed by atoms with E-state index in [0.29, 0.717) is 10.2 Å². The highest BCUT2D eigenvalue weighted by molar-refractivity contribution is 7.22. The maximum Gasteiger partial charge on any atom is 0.181 e. The quantitative estimate of drug-likeness (QED) is 0.707. The number of anilines is 1. The molecule has 0 saturated carbocycles. The Morgan fingerprint density at radius 2 is 2.25 bits per heavy atom. The standard InChI is InChI=1S/C8H7ClN2S/c1-4-2-3-5-7(6(4)9)11-8(10)12-5/h2-3H,1H3,(H2,10,11). The molecule has 0 radical (unpaired) electrons. The molecule has 0 saturated heterocycles. The number of nitrogen functional groups attached to an aromatic ring is 1. The third-order valence-corrected chi connectivity index (χ3v) is 3.04. The lowest BCUT2D eigenvalue weighted by atomic mass is 10.2. The van der Waals surface area contributed by atoms with Crippen LogP contribution in [0.3, 0.4) is 0 Å². The SMILES string of the molecule is Cc1ccc2sc(N)nc2c1Cl. The fourth-order valence-corrected chi connectivity index (χ4v) is 2.09. The summed E-state index contributed by atoms with van der Waals surface area (Å²) in [5.41, 5.74) is 7.41. The van der Waals surface area contributed by atoms with Crippen molar-refractivity contribution < 1.29 is 0 Å². The number of nitrogens with zero attached hydrogens (tertiary/aromatic N) is 1. The predicted octanol–water partition coefficient (Wildman–Crippen LogP) is 2.84. The van der Waals surface area contributed by atoms with Gasteiger partial charge in [-0.2, -0.15) is 0 Å². The molecule has 4 heteroatoms. The molecule has 62 valence electrons. The van der Waals surface area contributed by atoms with Crippen LogP contribution < -0.4 is 5.73 Å². The molecule has 0 unspecified atom stereocenters. The number of rotatable bonds is 0. The minimum absolute atomic E-state index is 0.567. The van der Waals surface area contributed by atoms with Crippen LogP contribution in [0.15, 0.2) is 12.1 Å². The molecule has 0 aliphatic heterocycles. The van der Waals surface area contributed by atoms with Crippen molar-refractivity contribution in [3.63, 3.8) is 0 Å². The van der Waals surface area contributed by atoms with Crippen molar-refractivity contribution in [2.45, 2.75) is 6.92 Å². The Labute approximate surface area is 79.0 Å². The predicted molar refractivity (Wildman–Crippen MR) is 53.8 cm³/mol. The summed E-state index contributed by atoms with van der Waals surface area (Å²) in [7, 11) is 0. The van der Waals surface area contributed by atoms with Gasteiger partial charge in [0.2, 0.25) is 0 Å². The van der Waals surface area contributed by atoms with Crippen molar-refractivity contribution in [2.75, 3.05) is 5.73 Å². The second-order valence-corrected chi connectivity index (χ2v) is 4.04. The zero-order valence-electron chi connectivity index (χ0n) is 6.47. The molecule has 2 rings (SSSR count). The van der Waals surface area contributed by atoms with Crippen LogP contribution in [0.25, 0.3) is 10.2 Å². The van der Waals surface area contributed by atoms with Gasteiger partial charge < -0.3 is 5.73 Å².